The molecule has 4 aromatic carbocycles. The predicted molar refractivity (Wildman–Crippen MR) is 318 cm³/mol. The number of amides is 2. The quantitative estimate of drug-likeness (QED) is 0.0494. The average molecular weight is 1110 g/mol. The lowest BCUT2D eigenvalue weighted by atomic mass is 9.89. The number of nitrogens with zero attached hydrogens (tertiary/aromatic N) is 2. The first-order valence-electron chi connectivity index (χ1n) is 27.6. The number of pyridine rings is 2. The molecule has 8 rings (SSSR count). The summed E-state index contributed by atoms with van der Waals surface area (Å²) in [6, 6.07) is 30.3. The average Bonchev–Trinajstić information content (AvgIpc) is 3.43. The minimum absolute atomic E-state index is 0. The molecule has 2 heterocycles. The van der Waals surface area contributed by atoms with Gasteiger partial charge in [0.15, 0.2) is 0 Å². The molecule has 15 heteroatoms. The molecule has 81 heavy (non-hydrogen) atoms. The predicted octanol–water partition coefficient (Wildman–Crippen LogP) is 13.3. The third-order valence-corrected chi connectivity index (χ3v) is 13.9. The van der Waals surface area contributed by atoms with E-state index < -0.39 is 41.2 Å². The van der Waals surface area contributed by atoms with Gasteiger partial charge in [0.1, 0.15) is 29.4 Å². The van der Waals surface area contributed by atoms with E-state index in [1.165, 1.54) is 12.8 Å². The minimum Gasteiger partial charge on any atom is -0.481 e. The number of hydrogen-bond acceptors (Lipinski definition) is 12. The van der Waals surface area contributed by atoms with Crippen LogP contribution in [-0.2, 0) is 59.4 Å². The SMILES string of the molecule is C.C.CC(C)(C)OC(=O)NCC(C(=O)Cc1ccc2cnccc2c1)c1ccc(CO)cc1.CC(C)(C)OC(=O)NCC(C(=O)Cc1ccc2cnccc2c1)c1ccc(COC(=O)C2CCCCC2)cc1.O=C(O)C1CCCCC1. The summed E-state index contributed by atoms with van der Waals surface area (Å²) in [5.74, 6) is -1.88. The number of carbonyl (C=O) groups is 6. The van der Waals surface area contributed by atoms with Gasteiger partial charge >= 0.3 is 24.1 Å². The molecular formula is C66H86N4O11. The van der Waals surface area contributed by atoms with Crippen molar-refractivity contribution in [3.8, 4) is 0 Å². The van der Waals surface area contributed by atoms with Gasteiger partial charge in [0.25, 0.3) is 0 Å². The standard InChI is InChI=1S/C32H38N2O5.C25H28N2O4.C7H12O2.2CH4/c1-32(2,3)39-31(37)34-20-28(29(35)18-23-11-14-27-19-33-16-15-26(27)17-23)24-12-9-22(10-13-24)21-38-30(36)25-7-5-4-6-8-25;1-25(2,3)31-24(30)27-15-22(19-7-4-17(16-28)5-8-19)23(29)13-18-6-9-21-14-26-11-10-20(21)12-18;8-7(9)6-4-2-1-3-5-6;;/h9-17,19,25,28H,4-8,18,20-21H2,1-3H3,(H,34,37);4-12,14,22,28H,13,15-16H2,1-3H3,(H,27,30);6H,1-5H2,(H,8,9);2*1H4. The van der Waals surface area contributed by atoms with Crippen molar-refractivity contribution in [2.45, 2.75) is 170 Å². The molecule has 0 spiro atoms. The summed E-state index contributed by atoms with van der Waals surface area (Å²) in [6.07, 6.45) is 16.8. The lowest BCUT2D eigenvalue weighted by molar-refractivity contribution is -0.151. The Bertz CT molecular complexity index is 2970. The number of esters is 1. The Hall–Kier alpha value is -7.52. The molecule has 2 aromatic heterocycles. The zero-order valence-corrected chi connectivity index (χ0v) is 46.6. The second-order valence-electron chi connectivity index (χ2n) is 22.5. The van der Waals surface area contributed by atoms with E-state index >= 15 is 0 Å². The van der Waals surface area contributed by atoms with E-state index in [0.29, 0.717) is 0 Å². The third-order valence-electron chi connectivity index (χ3n) is 13.9. The largest absolute Gasteiger partial charge is 0.481 e. The summed E-state index contributed by atoms with van der Waals surface area (Å²) in [5, 5.41) is 27.4. The summed E-state index contributed by atoms with van der Waals surface area (Å²) >= 11 is 0. The van der Waals surface area contributed by atoms with Gasteiger partial charge in [-0.25, -0.2) is 9.59 Å². The first kappa shape index (κ1) is 66.0. The number of aromatic nitrogens is 2. The fourth-order valence-electron chi connectivity index (χ4n) is 9.63. The van der Waals surface area contributed by atoms with Crippen LogP contribution in [0.3, 0.4) is 0 Å². The Labute approximate surface area is 479 Å². The number of benzene rings is 4. The fourth-order valence-corrected chi connectivity index (χ4v) is 9.63. The van der Waals surface area contributed by atoms with Crippen LogP contribution in [-0.4, -0.2) is 80.2 Å². The van der Waals surface area contributed by atoms with Crippen molar-refractivity contribution >= 4 is 57.2 Å². The molecule has 2 aliphatic carbocycles. The minimum atomic E-state index is -0.639. The van der Waals surface area contributed by atoms with Gasteiger partial charge in [0, 0.05) is 61.5 Å². The first-order valence-corrected chi connectivity index (χ1v) is 27.6. The summed E-state index contributed by atoms with van der Waals surface area (Å²) in [6.45, 7) is 11.1. The second-order valence-corrected chi connectivity index (χ2v) is 22.5. The Balaban J connectivity index is 0.000000300. The van der Waals surface area contributed by atoms with Gasteiger partial charge in [-0.3, -0.25) is 29.1 Å². The molecule has 2 atom stereocenters. The van der Waals surface area contributed by atoms with E-state index in [9.17, 15) is 33.9 Å². The van der Waals surface area contributed by atoms with Crippen LogP contribution in [0, 0.1) is 11.8 Å². The van der Waals surface area contributed by atoms with Crippen LogP contribution < -0.4 is 10.6 Å². The van der Waals surface area contributed by atoms with Gasteiger partial charge < -0.3 is 35.1 Å². The number of fused-ring (bicyclic) bond motifs is 2. The Morgan fingerprint density at radius 2 is 0.926 bits per heavy atom. The molecule has 436 valence electrons. The van der Waals surface area contributed by atoms with E-state index in [4.69, 9.17) is 19.3 Å². The van der Waals surface area contributed by atoms with Crippen molar-refractivity contribution in [3.63, 3.8) is 0 Å². The lowest BCUT2D eigenvalue weighted by Gasteiger charge is -2.22. The van der Waals surface area contributed by atoms with Gasteiger partial charge in [-0.15, -0.1) is 0 Å². The topological polar surface area (TPSA) is 220 Å². The van der Waals surface area contributed by atoms with Gasteiger partial charge in [-0.1, -0.05) is 138 Å². The van der Waals surface area contributed by atoms with Gasteiger partial charge in [0.05, 0.1) is 30.3 Å². The van der Waals surface area contributed by atoms with Crippen molar-refractivity contribution < 1.29 is 53.2 Å². The number of Topliss-reactive ketones (excluding diaryl/α,β-unsaturated/α-hetero) is 2. The van der Waals surface area contributed by atoms with Crippen molar-refractivity contribution in [2.24, 2.45) is 11.8 Å². The molecule has 0 radical (unpaired) electrons. The Morgan fingerprint density at radius 1 is 0.531 bits per heavy atom. The number of hydrogen-bond donors (Lipinski definition) is 4. The highest BCUT2D eigenvalue weighted by atomic mass is 16.6. The summed E-state index contributed by atoms with van der Waals surface area (Å²) < 4.78 is 16.3. The normalized spacial score (nSPS) is 14.4. The maximum absolute atomic E-state index is 13.5. The molecule has 2 unspecified atom stereocenters. The second kappa shape index (κ2) is 32.1. The molecule has 2 aliphatic rings. The van der Waals surface area contributed by atoms with Crippen LogP contribution in [0.4, 0.5) is 9.59 Å². The van der Waals surface area contributed by atoms with E-state index in [0.717, 1.165) is 106 Å². The van der Waals surface area contributed by atoms with Crippen molar-refractivity contribution in [3.05, 3.63) is 155 Å². The van der Waals surface area contributed by atoms with E-state index in [2.05, 4.69) is 20.6 Å². The smallest absolute Gasteiger partial charge is 0.407 e. The number of rotatable bonds is 17. The molecule has 2 fully saturated rings. The lowest BCUT2D eigenvalue weighted by Crippen LogP contribution is -2.36. The van der Waals surface area contributed by atoms with Crippen LogP contribution in [0.1, 0.15) is 166 Å². The van der Waals surface area contributed by atoms with Gasteiger partial charge in [-0.2, -0.15) is 0 Å². The van der Waals surface area contributed by atoms with Crippen LogP contribution in [0.5, 0.6) is 0 Å². The number of nitrogens with one attached hydrogen (secondary N) is 2. The van der Waals surface area contributed by atoms with Gasteiger partial charge in [-0.05, 0) is 124 Å². The molecule has 4 N–H and O–H groups in total. The number of alkyl carbamates (subject to hydrolysis) is 2. The van der Waals surface area contributed by atoms with Crippen LogP contribution >= 0.6 is 0 Å². The molecule has 2 amide bonds. The number of carbonyl (C=O) groups excluding carboxylic acids is 5. The summed E-state index contributed by atoms with van der Waals surface area (Å²) in [5.41, 5.74) is 3.72. The van der Waals surface area contributed by atoms with E-state index in [1.54, 1.807) is 78.5 Å². The maximum atomic E-state index is 13.5. The number of ether oxygens (including phenoxy) is 3. The molecule has 0 aliphatic heterocycles. The molecule has 0 saturated heterocycles. The van der Waals surface area contributed by atoms with Crippen LogP contribution in [0.2, 0.25) is 0 Å². The maximum Gasteiger partial charge on any atom is 0.407 e. The zero-order chi connectivity index (χ0) is 57.0. The monoisotopic (exact) mass is 1110 g/mol. The van der Waals surface area contributed by atoms with Crippen molar-refractivity contribution in [1.29, 1.82) is 0 Å². The molecule has 0 bridgehead atoms. The third kappa shape index (κ3) is 22.2. The number of ketones is 2. The highest BCUT2D eigenvalue weighted by Gasteiger charge is 2.27. The van der Waals surface area contributed by atoms with E-state index in [1.807, 2.05) is 84.9 Å². The molecular weight excluding hydrogens is 1020 g/mol. The van der Waals surface area contributed by atoms with Crippen molar-refractivity contribution in [2.75, 3.05) is 13.1 Å². The summed E-state index contributed by atoms with van der Waals surface area (Å²) in [7, 11) is 0. The van der Waals surface area contributed by atoms with Crippen molar-refractivity contribution in [1.82, 2.24) is 20.6 Å². The van der Waals surface area contributed by atoms with Crippen LogP contribution in [0.25, 0.3) is 21.5 Å². The number of carboxylic acid groups (broad SMARTS) is 1. The Morgan fingerprint density at radius 3 is 1.31 bits per heavy atom. The Kier molecular flexibility index (Phi) is 26.1. The van der Waals surface area contributed by atoms with Gasteiger partial charge in [0.2, 0.25) is 0 Å². The first-order chi connectivity index (χ1) is 37.7. The fraction of sp³-hybridized carbons (Fsp3) is 0.455. The molecule has 6 aromatic rings. The highest BCUT2D eigenvalue weighted by molar-refractivity contribution is 5.91. The highest BCUT2D eigenvalue weighted by Crippen LogP contribution is 2.28. The van der Waals surface area contributed by atoms with E-state index in [-0.39, 0.29) is 83.4 Å². The van der Waals surface area contributed by atoms with Crippen LogP contribution in [0.15, 0.2) is 122 Å². The molecule has 15 nitrogen and oxygen atoms in total. The zero-order valence-electron chi connectivity index (χ0n) is 46.6. The summed E-state index contributed by atoms with van der Waals surface area (Å²) in [4.78, 5) is 82.3. The number of carboxylic acids is 1. The molecule has 2 saturated carbocycles. The number of aliphatic carboxylic acids is 1. The number of aliphatic hydroxyl groups excluding tert-OH is 1. The number of aliphatic hydroxyl groups is 1.